The molecule has 1 heterocycles. The van der Waals surface area contributed by atoms with Crippen LogP contribution in [0.15, 0.2) is 24.3 Å². The molecule has 1 N–H and O–H groups in total. The van der Waals surface area contributed by atoms with Gasteiger partial charge >= 0.3 is 0 Å². The molecule has 0 bridgehead atoms. The van der Waals surface area contributed by atoms with Gasteiger partial charge in [0.2, 0.25) is 0 Å². The Bertz CT molecular complexity index is 332. The van der Waals surface area contributed by atoms with Crippen molar-refractivity contribution >= 4 is 5.69 Å². The minimum absolute atomic E-state index is 0.173. The average molecular weight is 222 g/mol. The molecule has 1 saturated heterocycles. The van der Waals surface area contributed by atoms with Crippen molar-refractivity contribution < 1.29 is 4.39 Å². The smallest absolute Gasteiger partial charge is 0.123 e. The zero-order valence-corrected chi connectivity index (χ0v) is 9.91. The van der Waals surface area contributed by atoms with Crippen LogP contribution in [0.4, 0.5) is 10.1 Å². The maximum absolute atomic E-state index is 12.8. The van der Waals surface area contributed by atoms with Crippen LogP contribution in [-0.2, 0) is 0 Å². The summed E-state index contributed by atoms with van der Waals surface area (Å²) in [5, 5.41) is 3.29. The number of halogens is 1. The number of anilines is 1. The molecule has 1 atom stereocenters. The molecule has 1 fully saturated rings. The molecule has 0 spiro atoms. The first-order valence-electron chi connectivity index (χ1n) is 5.84. The van der Waals surface area contributed by atoms with E-state index in [1.165, 1.54) is 12.1 Å². The molecule has 0 radical (unpaired) electrons. The molecule has 1 aromatic carbocycles. The van der Waals surface area contributed by atoms with Gasteiger partial charge in [-0.2, -0.15) is 0 Å². The predicted molar refractivity (Wildman–Crippen MR) is 65.2 cm³/mol. The summed E-state index contributed by atoms with van der Waals surface area (Å²) in [6.07, 6.45) is 0. The Morgan fingerprint density at radius 2 is 2.00 bits per heavy atom. The number of hydrogen-bond acceptors (Lipinski definition) is 2. The second kappa shape index (κ2) is 4.83. The molecule has 2 nitrogen and oxygen atoms in total. The average Bonchev–Trinajstić information content (AvgIpc) is 2.15. The van der Waals surface area contributed by atoms with Crippen LogP contribution >= 0.6 is 0 Å². The predicted octanol–water partition coefficient (Wildman–Crippen LogP) is 2.12. The van der Waals surface area contributed by atoms with Gasteiger partial charge in [-0.05, 0) is 49.2 Å². The summed E-state index contributed by atoms with van der Waals surface area (Å²) >= 11 is 0. The second-order valence-electron chi connectivity index (χ2n) is 4.75. The quantitative estimate of drug-likeness (QED) is 0.839. The summed E-state index contributed by atoms with van der Waals surface area (Å²) in [7, 11) is 2.07. The van der Waals surface area contributed by atoms with Crippen LogP contribution in [0.1, 0.15) is 6.92 Å². The van der Waals surface area contributed by atoms with E-state index in [9.17, 15) is 4.39 Å². The van der Waals surface area contributed by atoms with E-state index < -0.39 is 0 Å². The monoisotopic (exact) mass is 222 g/mol. The standard InChI is InChI=1S/C13H19FN2/c1-10(11-7-15-8-11)9-16(2)13-5-3-12(14)4-6-13/h3-6,10-11,15H,7-9H2,1-2H3. The first-order valence-corrected chi connectivity index (χ1v) is 5.84. The van der Waals surface area contributed by atoms with Gasteiger partial charge in [0.25, 0.3) is 0 Å². The molecule has 1 aliphatic rings. The summed E-state index contributed by atoms with van der Waals surface area (Å²) in [4.78, 5) is 2.20. The Morgan fingerprint density at radius 3 is 2.50 bits per heavy atom. The normalized spacial score (nSPS) is 17.9. The highest BCUT2D eigenvalue weighted by atomic mass is 19.1. The van der Waals surface area contributed by atoms with E-state index in [1.54, 1.807) is 0 Å². The van der Waals surface area contributed by atoms with E-state index in [-0.39, 0.29) is 5.82 Å². The maximum atomic E-state index is 12.8. The number of benzene rings is 1. The molecule has 2 rings (SSSR count). The van der Waals surface area contributed by atoms with Crippen molar-refractivity contribution in [2.45, 2.75) is 6.92 Å². The molecule has 1 unspecified atom stereocenters. The maximum Gasteiger partial charge on any atom is 0.123 e. The van der Waals surface area contributed by atoms with Crippen molar-refractivity contribution in [3.8, 4) is 0 Å². The van der Waals surface area contributed by atoms with E-state index in [0.29, 0.717) is 5.92 Å². The summed E-state index contributed by atoms with van der Waals surface area (Å²) in [5.41, 5.74) is 1.08. The van der Waals surface area contributed by atoms with Crippen molar-refractivity contribution in [3.63, 3.8) is 0 Å². The van der Waals surface area contributed by atoms with Crippen molar-refractivity contribution in [3.05, 3.63) is 30.1 Å². The lowest BCUT2D eigenvalue weighted by molar-refractivity contribution is 0.252. The third-order valence-corrected chi connectivity index (χ3v) is 3.45. The molecule has 0 saturated carbocycles. The van der Waals surface area contributed by atoms with Crippen LogP contribution < -0.4 is 10.2 Å². The summed E-state index contributed by atoms with van der Waals surface area (Å²) < 4.78 is 12.8. The highest BCUT2D eigenvalue weighted by Crippen LogP contribution is 2.20. The highest BCUT2D eigenvalue weighted by molar-refractivity contribution is 5.45. The minimum atomic E-state index is -0.173. The van der Waals surface area contributed by atoms with Crippen molar-refractivity contribution in [2.75, 3.05) is 31.6 Å². The molecular formula is C13H19FN2. The third kappa shape index (κ3) is 2.53. The Kier molecular flexibility index (Phi) is 3.44. The van der Waals surface area contributed by atoms with Crippen LogP contribution in [-0.4, -0.2) is 26.7 Å². The van der Waals surface area contributed by atoms with Gasteiger partial charge in [0.05, 0.1) is 0 Å². The summed E-state index contributed by atoms with van der Waals surface area (Å²) in [6, 6.07) is 6.70. The summed E-state index contributed by atoms with van der Waals surface area (Å²) in [5.74, 6) is 1.30. The largest absolute Gasteiger partial charge is 0.374 e. The van der Waals surface area contributed by atoms with Gasteiger partial charge < -0.3 is 10.2 Å². The van der Waals surface area contributed by atoms with Gasteiger partial charge in [-0.15, -0.1) is 0 Å². The second-order valence-corrected chi connectivity index (χ2v) is 4.75. The van der Waals surface area contributed by atoms with Gasteiger partial charge in [-0.25, -0.2) is 4.39 Å². The highest BCUT2D eigenvalue weighted by Gasteiger charge is 2.24. The first-order chi connectivity index (χ1) is 7.66. The number of nitrogens with zero attached hydrogens (tertiary/aromatic N) is 1. The van der Waals surface area contributed by atoms with Crippen LogP contribution in [0.25, 0.3) is 0 Å². The Hall–Kier alpha value is -1.09. The molecule has 3 heteroatoms. The lowest BCUT2D eigenvalue weighted by Crippen LogP contribution is -2.47. The molecular weight excluding hydrogens is 203 g/mol. The fraction of sp³-hybridized carbons (Fsp3) is 0.538. The number of rotatable bonds is 4. The van der Waals surface area contributed by atoms with Gasteiger partial charge in [0, 0.05) is 19.3 Å². The molecule has 0 amide bonds. The molecule has 0 aromatic heterocycles. The van der Waals surface area contributed by atoms with Crippen LogP contribution in [0.5, 0.6) is 0 Å². The van der Waals surface area contributed by atoms with Crippen LogP contribution in [0.2, 0.25) is 0 Å². The van der Waals surface area contributed by atoms with Gasteiger partial charge in [-0.3, -0.25) is 0 Å². The van der Waals surface area contributed by atoms with E-state index >= 15 is 0 Å². The van der Waals surface area contributed by atoms with Crippen molar-refractivity contribution in [1.82, 2.24) is 5.32 Å². The first kappa shape index (κ1) is 11.4. The van der Waals surface area contributed by atoms with Gasteiger partial charge in [0.15, 0.2) is 0 Å². The Balaban J connectivity index is 1.91. The molecule has 16 heavy (non-hydrogen) atoms. The Morgan fingerprint density at radius 1 is 1.38 bits per heavy atom. The topological polar surface area (TPSA) is 15.3 Å². The molecule has 1 aromatic rings. The zero-order chi connectivity index (χ0) is 11.5. The van der Waals surface area contributed by atoms with Crippen LogP contribution in [0.3, 0.4) is 0 Å². The van der Waals surface area contributed by atoms with E-state index in [1.807, 2.05) is 12.1 Å². The van der Waals surface area contributed by atoms with Crippen molar-refractivity contribution in [2.24, 2.45) is 11.8 Å². The lowest BCUT2D eigenvalue weighted by atomic mass is 9.88. The zero-order valence-electron chi connectivity index (χ0n) is 9.91. The molecule has 88 valence electrons. The molecule has 0 aliphatic carbocycles. The number of nitrogens with one attached hydrogen (secondary N) is 1. The van der Waals surface area contributed by atoms with Crippen LogP contribution in [0, 0.1) is 17.7 Å². The third-order valence-electron chi connectivity index (χ3n) is 3.45. The van der Waals surface area contributed by atoms with Gasteiger partial charge in [-0.1, -0.05) is 6.92 Å². The lowest BCUT2D eigenvalue weighted by Gasteiger charge is -2.35. The minimum Gasteiger partial charge on any atom is -0.374 e. The molecule has 1 aliphatic heterocycles. The summed E-state index contributed by atoms with van der Waals surface area (Å²) in [6.45, 7) is 5.58. The SMILES string of the molecule is CC(CN(C)c1ccc(F)cc1)C1CNC1. The fourth-order valence-electron chi connectivity index (χ4n) is 2.10. The van der Waals surface area contributed by atoms with E-state index in [0.717, 1.165) is 31.2 Å². The number of hydrogen-bond donors (Lipinski definition) is 1. The van der Waals surface area contributed by atoms with E-state index in [2.05, 4.69) is 24.2 Å². The van der Waals surface area contributed by atoms with Gasteiger partial charge in [0.1, 0.15) is 5.82 Å². The van der Waals surface area contributed by atoms with E-state index in [4.69, 9.17) is 0 Å². The Labute approximate surface area is 96.5 Å². The fourth-order valence-corrected chi connectivity index (χ4v) is 2.10. The van der Waals surface area contributed by atoms with Crippen molar-refractivity contribution in [1.29, 1.82) is 0 Å².